The Morgan fingerprint density at radius 1 is 1.42 bits per heavy atom. The van der Waals surface area contributed by atoms with Crippen molar-refractivity contribution in [2.45, 2.75) is 40.0 Å². The summed E-state index contributed by atoms with van der Waals surface area (Å²) in [5, 5.41) is 15.1. The molecule has 0 spiro atoms. The summed E-state index contributed by atoms with van der Waals surface area (Å²) in [5.74, 6) is -0.981. The van der Waals surface area contributed by atoms with Crippen molar-refractivity contribution in [3.63, 3.8) is 0 Å². The van der Waals surface area contributed by atoms with E-state index < -0.39 is 22.3 Å². The molecule has 3 rings (SSSR count). The van der Waals surface area contributed by atoms with E-state index in [-0.39, 0.29) is 16.4 Å². The lowest BCUT2D eigenvalue weighted by molar-refractivity contribution is -0.387. The molecule has 128 valence electrons. The molecule has 2 aliphatic carbocycles. The molecule has 2 saturated carbocycles. The fourth-order valence-corrected chi connectivity index (χ4v) is 4.07. The SMILES string of the molecule is CC1(C)[C@H]2CC[C@]1(C)/C(=N/NC(=O)c1ccc(F)c([N+](=O)[O-])c1)C2. The maximum Gasteiger partial charge on any atom is 0.305 e. The Bertz CT molecular complexity index is 759. The molecule has 2 fully saturated rings. The number of amides is 1. The maximum absolute atomic E-state index is 13.4. The van der Waals surface area contributed by atoms with Crippen molar-refractivity contribution < 1.29 is 14.1 Å². The lowest BCUT2D eigenvalue weighted by Gasteiger charge is -2.34. The predicted molar refractivity (Wildman–Crippen MR) is 87.2 cm³/mol. The van der Waals surface area contributed by atoms with Gasteiger partial charge in [0.15, 0.2) is 0 Å². The summed E-state index contributed by atoms with van der Waals surface area (Å²) in [4.78, 5) is 22.1. The smallest absolute Gasteiger partial charge is 0.267 e. The van der Waals surface area contributed by atoms with Crippen molar-refractivity contribution in [2.75, 3.05) is 0 Å². The number of nitrogens with zero attached hydrogens (tertiary/aromatic N) is 2. The third-order valence-electron chi connectivity index (χ3n) is 6.21. The van der Waals surface area contributed by atoms with Gasteiger partial charge in [0.25, 0.3) is 5.91 Å². The Kier molecular flexibility index (Phi) is 3.69. The summed E-state index contributed by atoms with van der Waals surface area (Å²) >= 11 is 0. The third-order valence-corrected chi connectivity index (χ3v) is 6.21. The zero-order valence-corrected chi connectivity index (χ0v) is 13.9. The molecule has 1 aromatic rings. The molecule has 0 aliphatic heterocycles. The van der Waals surface area contributed by atoms with E-state index in [2.05, 4.69) is 31.3 Å². The van der Waals surface area contributed by atoms with Crippen LogP contribution in [0.25, 0.3) is 0 Å². The molecule has 2 bridgehead atoms. The van der Waals surface area contributed by atoms with Gasteiger partial charge in [0.05, 0.1) is 4.92 Å². The van der Waals surface area contributed by atoms with E-state index in [4.69, 9.17) is 0 Å². The Morgan fingerprint density at radius 2 is 2.12 bits per heavy atom. The van der Waals surface area contributed by atoms with E-state index in [0.29, 0.717) is 5.92 Å². The topological polar surface area (TPSA) is 84.6 Å². The van der Waals surface area contributed by atoms with Crippen LogP contribution in [-0.4, -0.2) is 16.5 Å². The molecule has 24 heavy (non-hydrogen) atoms. The van der Waals surface area contributed by atoms with Crippen LogP contribution in [0, 0.1) is 32.7 Å². The second-order valence-corrected chi connectivity index (χ2v) is 7.42. The van der Waals surface area contributed by atoms with Crippen LogP contribution in [-0.2, 0) is 0 Å². The van der Waals surface area contributed by atoms with Gasteiger partial charge in [0, 0.05) is 22.8 Å². The molecule has 0 aromatic heterocycles. The van der Waals surface area contributed by atoms with Crippen molar-refractivity contribution in [1.82, 2.24) is 5.43 Å². The van der Waals surface area contributed by atoms with Gasteiger partial charge in [-0.1, -0.05) is 20.8 Å². The highest BCUT2D eigenvalue weighted by molar-refractivity contribution is 5.98. The van der Waals surface area contributed by atoms with Crippen LogP contribution in [0.15, 0.2) is 23.3 Å². The van der Waals surface area contributed by atoms with E-state index in [1.54, 1.807) is 0 Å². The number of nitro groups is 1. The quantitative estimate of drug-likeness (QED) is 0.676. The van der Waals surface area contributed by atoms with E-state index >= 15 is 0 Å². The van der Waals surface area contributed by atoms with Crippen molar-refractivity contribution in [3.8, 4) is 0 Å². The molecule has 0 heterocycles. The number of nitrogens with one attached hydrogen (secondary N) is 1. The Balaban J connectivity index is 1.80. The molecule has 0 unspecified atom stereocenters. The lowest BCUT2D eigenvalue weighted by Crippen LogP contribution is -2.34. The van der Waals surface area contributed by atoms with Gasteiger partial charge in [-0.15, -0.1) is 0 Å². The number of carbonyl (C=O) groups excluding carboxylic acids is 1. The predicted octanol–water partition coefficient (Wildman–Crippen LogP) is 3.67. The highest BCUT2D eigenvalue weighted by Gasteiger charge is 2.60. The number of halogens is 1. The molecular weight excluding hydrogens is 313 g/mol. The molecule has 1 N–H and O–H groups in total. The first-order valence-corrected chi connectivity index (χ1v) is 7.98. The Hall–Kier alpha value is -2.31. The lowest BCUT2D eigenvalue weighted by atomic mass is 9.70. The molecule has 2 aliphatic rings. The fraction of sp³-hybridized carbons (Fsp3) is 0.529. The zero-order valence-electron chi connectivity index (χ0n) is 13.9. The van der Waals surface area contributed by atoms with Crippen LogP contribution in [0.1, 0.15) is 50.4 Å². The number of carbonyl (C=O) groups is 1. The van der Waals surface area contributed by atoms with Crippen LogP contribution in [0.5, 0.6) is 0 Å². The van der Waals surface area contributed by atoms with E-state index in [0.717, 1.165) is 30.7 Å². The first-order chi connectivity index (χ1) is 11.2. The summed E-state index contributed by atoms with van der Waals surface area (Å²) in [7, 11) is 0. The van der Waals surface area contributed by atoms with Crippen molar-refractivity contribution in [2.24, 2.45) is 21.8 Å². The van der Waals surface area contributed by atoms with Gasteiger partial charge in [-0.2, -0.15) is 9.49 Å². The summed E-state index contributed by atoms with van der Waals surface area (Å²) in [6.45, 7) is 6.64. The van der Waals surface area contributed by atoms with Gasteiger partial charge in [-0.05, 0) is 42.7 Å². The van der Waals surface area contributed by atoms with Gasteiger partial charge in [-0.25, -0.2) is 5.43 Å². The second kappa shape index (κ2) is 5.36. The molecule has 0 saturated heterocycles. The first kappa shape index (κ1) is 16.5. The molecular formula is C17H20FN3O3. The van der Waals surface area contributed by atoms with Gasteiger partial charge in [0.2, 0.25) is 5.82 Å². The minimum Gasteiger partial charge on any atom is -0.267 e. The number of hydrazone groups is 1. The Labute approximate surface area is 139 Å². The number of benzene rings is 1. The van der Waals surface area contributed by atoms with Crippen LogP contribution in [0.2, 0.25) is 0 Å². The van der Waals surface area contributed by atoms with Crippen LogP contribution in [0.3, 0.4) is 0 Å². The van der Waals surface area contributed by atoms with Crippen LogP contribution < -0.4 is 5.43 Å². The van der Waals surface area contributed by atoms with Crippen LogP contribution in [0.4, 0.5) is 10.1 Å². The zero-order chi connectivity index (χ0) is 17.7. The highest BCUT2D eigenvalue weighted by atomic mass is 19.1. The van der Waals surface area contributed by atoms with E-state index in [9.17, 15) is 19.3 Å². The number of fused-ring (bicyclic) bond motifs is 2. The normalized spacial score (nSPS) is 29.0. The van der Waals surface area contributed by atoms with E-state index in [1.165, 1.54) is 12.5 Å². The third kappa shape index (κ3) is 2.30. The molecule has 1 amide bonds. The highest BCUT2D eigenvalue weighted by Crippen LogP contribution is 2.63. The van der Waals surface area contributed by atoms with Gasteiger partial charge in [-0.3, -0.25) is 14.9 Å². The van der Waals surface area contributed by atoms with Crippen LogP contribution >= 0.6 is 0 Å². The van der Waals surface area contributed by atoms with Crippen molar-refractivity contribution in [3.05, 3.63) is 39.7 Å². The molecule has 7 heteroatoms. The average molecular weight is 333 g/mol. The van der Waals surface area contributed by atoms with Crippen molar-refractivity contribution >= 4 is 17.3 Å². The molecule has 6 nitrogen and oxygen atoms in total. The summed E-state index contributed by atoms with van der Waals surface area (Å²) in [6, 6.07) is 3.06. The molecule has 0 radical (unpaired) electrons. The minimum absolute atomic E-state index is 0.0139. The Morgan fingerprint density at radius 3 is 2.67 bits per heavy atom. The monoisotopic (exact) mass is 333 g/mol. The van der Waals surface area contributed by atoms with Crippen molar-refractivity contribution in [1.29, 1.82) is 0 Å². The summed E-state index contributed by atoms with van der Waals surface area (Å²) < 4.78 is 13.4. The minimum atomic E-state index is -0.967. The number of nitro benzene ring substituents is 1. The van der Waals surface area contributed by atoms with E-state index in [1.807, 2.05) is 0 Å². The molecule has 2 atom stereocenters. The fourth-order valence-electron chi connectivity index (χ4n) is 4.07. The number of hydrogen-bond donors (Lipinski definition) is 1. The van der Waals surface area contributed by atoms with Gasteiger partial charge < -0.3 is 0 Å². The summed E-state index contributed by atoms with van der Waals surface area (Å²) in [5.41, 5.74) is 2.84. The standard InChI is InChI=1S/C17H20FN3O3/c1-16(2)11-6-7-17(16,3)14(9-11)19-20-15(22)10-4-5-12(18)13(8-10)21(23)24/h4-5,8,11H,6-7,9H2,1-3H3,(H,20,22)/b19-14+/t11-,17+/m0/s1. The average Bonchev–Trinajstić information content (AvgIpc) is 2.85. The maximum atomic E-state index is 13.4. The second-order valence-electron chi connectivity index (χ2n) is 7.42. The largest absolute Gasteiger partial charge is 0.305 e. The number of rotatable bonds is 3. The number of hydrogen-bond acceptors (Lipinski definition) is 4. The molecule has 1 aromatic carbocycles. The first-order valence-electron chi connectivity index (χ1n) is 7.98. The summed E-state index contributed by atoms with van der Waals surface area (Å²) in [6.07, 6.45) is 3.06. The van der Waals surface area contributed by atoms with Gasteiger partial charge in [0.1, 0.15) is 0 Å². The van der Waals surface area contributed by atoms with Gasteiger partial charge >= 0.3 is 5.69 Å².